The second-order valence-electron chi connectivity index (χ2n) is 7.28. The first-order valence-electron chi connectivity index (χ1n) is 9.52. The molecule has 158 valence electrons. The summed E-state index contributed by atoms with van der Waals surface area (Å²) < 4.78 is 53.9. The summed E-state index contributed by atoms with van der Waals surface area (Å²) in [6.45, 7) is 3.74. The molecule has 0 N–H and O–H groups in total. The quantitative estimate of drug-likeness (QED) is 0.594. The molecule has 1 aromatic heterocycles. The van der Waals surface area contributed by atoms with Crippen LogP contribution in [0.1, 0.15) is 16.8 Å². The molecular formula is C21H21F2N3O2S2. The molecule has 0 radical (unpaired) electrons. The van der Waals surface area contributed by atoms with Crippen molar-refractivity contribution < 1.29 is 17.2 Å². The third-order valence-corrected chi connectivity index (χ3v) is 7.88. The van der Waals surface area contributed by atoms with E-state index in [0.29, 0.717) is 43.1 Å². The van der Waals surface area contributed by atoms with Crippen molar-refractivity contribution in [3.05, 3.63) is 76.3 Å². The highest BCUT2D eigenvalue weighted by Crippen LogP contribution is 2.25. The van der Waals surface area contributed by atoms with Gasteiger partial charge in [0.15, 0.2) is 5.13 Å². The van der Waals surface area contributed by atoms with E-state index in [2.05, 4.69) is 4.98 Å². The van der Waals surface area contributed by atoms with Gasteiger partial charge in [-0.15, -0.1) is 11.3 Å². The second kappa shape index (κ2) is 8.41. The summed E-state index contributed by atoms with van der Waals surface area (Å²) in [6, 6.07) is 10.3. The van der Waals surface area contributed by atoms with Crippen LogP contribution in [-0.2, 0) is 16.4 Å². The molecule has 1 aliphatic rings. The van der Waals surface area contributed by atoms with Gasteiger partial charge in [-0.05, 0) is 36.8 Å². The van der Waals surface area contributed by atoms with Crippen molar-refractivity contribution in [2.24, 2.45) is 0 Å². The van der Waals surface area contributed by atoms with E-state index in [1.54, 1.807) is 24.3 Å². The van der Waals surface area contributed by atoms with Crippen LogP contribution in [0.15, 0.2) is 52.7 Å². The number of hydrogen-bond donors (Lipinski definition) is 0. The predicted octanol–water partition coefficient (Wildman–Crippen LogP) is 3.83. The Labute approximate surface area is 178 Å². The van der Waals surface area contributed by atoms with Gasteiger partial charge in [-0.25, -0.2) is 22.2 Å². The highest BCUT2D eigenvalue weighted by atomic mass is 32.2. The zero-order valence-electron chi connectivity index (χ0n) is 16.4. The molecule has 1 aliphatic heterocycles. The molecule has 3 aromatic rings. The Bertz CT molecular complexity index is 1120. The molecule has 0 spiro atoms. The molecule has 0 aliphatic carbocycles. The van der Waals surface area contributed by atoms with Crippen molar-refractivity contribution in [1.82, 2.24) is 9.29 Å². The molecule has 5 nitrogen and oxygen atoms in total. The van der Waals surface area contributed by atoms with Crippen molar-refractivity contribution >= 4 is 26.5 Å². The lowest BCUT2D eigenvalue weighted by Gasteiger charge is -2.33. The van der Waals surface area contributed by atoms with Crippen LogP contribution in [0.25, 0.3) is 0 Å². The van der Waals surface area contributed by atoms with Gasteiger partial charge >= 0.3 is 0 Å². The van der Waals surface area contributed by atoms with Crippen LogP contribution in [0.2, 0.25) is 0 Å². The fraction of sp³-hybridized carbons (Fsp3) is 0.286. The Morgan fingerprint density at radius 1 is 1.00 bits per heavy atom. The monoisotopic (exact) mass is 449 g/mol. The van der Waals surface area contributed by atoms with Crippen LogP contribution in [0.4, 0.5) is 13.9 Å². The molecule has 1 saturated heterocycles. The number of nitrogens with zero attached hydrogens (tertiary/aromatic N) is 3. The van der Waals surface area contributed by atoms with Gasteiger partial charge in [0.2, 0.25) is 10.0 Å². The number of aryl methyl sites for hydroxylation is 1. The number of benzene rings is 2. The van der Waals surface area contributed by atoms with Gasteiger partial charge in [-0.3, -0.25) is 0 Å². The maximum Gasteiger partial charge on any atom is 0.243 e. The number of halogens is 2. The van der Waals surface area contributed by atoms with Gasteiger partial charge in [0.1, 0.15) is 11.6 Å². The third-order valence-electron chi connectivity index (χ3n) is 5.02. The van der Waals surface area contributed by atoms with E-state index in [1.165, 1.54) is 27.8 Å². The Kier molecular flexibility index (Phi) is 5.86. The normalized spacial score (nSPS) is 15.5. The SMILES string of the molecule is Cc1ccc(S(=O)(=O)N2CCN(c3nc(Cc4cc(F)cc(F)c4)cs3)CC2)cc1. The van der Waals surface area contributed by atoms with E-state index in [9.17, 15) is 17.2 Å². The molecule has 0 saturated carbocycles. The summed E-state index contributed by atoms with van der Waals surface area (Å²) in [5.74, 6) is -1.21. The predicted molar refractivity (Wildman–Crippen MR) is 113 cm³/mol. The van der Waals surface area contributed by atoms with Crippen LogP contribution in [0.5, 0.6) is 0 Å². The minimum Gasteiger partial charge on any atom is -0.345 e. The van der Waals surface area contributed by atoms with Gasteiger partial charge in [0.05, 0.1) is 10.6 Å². The first-order valence-corrected chi connectivity index (χ1v) is 11.8. The maximum atomic E-state index is 13.4. The van der Waals surface area contributed by atoms with E-state index >= 15 is 0 Å². The first-order chi connectivity index (χ1) is 14.3. The van der Waals surface area contributed by atoms with E-state index in [-0.39, 0.29) is 0 Å². The number of anilines is 1. The molecule has 9 heteroatoms. The van der Waals surface area contributed by atoms with Crippen LogP contribution in [0, 0.1) is 18.6 Å². The number of sulfonamides is 1. The molecule has 2 heterocycles. The summed E-state index contributed by atoms with van der Waals surface area (Å²) >= 11 is 1.45. The number of piperazine rings is 1. The number of hydrogen-bond acceptors (Lipinski definition) is 5. The summed E-state index contributed by atoms with van der Waals surface area (Å²) in [6.07, 6.45) is 0.340. The summed E-state index contributed by atoms with van der Waals surface area (Å²) in [5, 5.41) is 2.65. The summed E-state index contributed by atoms with van der Waals surface area (Å²) in [7, 11) is -3.51. The third kappa shape index (κ3) is 4.53. The fourth-order valence-corrected chi connectivity index (χ4v) is 5.73. The molecule has 2 aromatic carbocycles. The molecule has 0 unspecified atom stereocenters. The Balaban J connectivity index is 1.40. The van der Waals surface area contributed by atoms with Gasteiger partial charge in [0, 0.05) is 44.0 Å². The van der Waals surface area contributed by atoms with Gasteiger partial charge in [-0.1, -0.05) is 17.7 Å². The minimum atomic E-state index is -3.51. The van der Waals surface area contributed by atoms with Gasteiger partial charge in [0.25, 0.3) is 0 Å². The highest BCUT2D eigenvalue weighted by molar-refractivity contribution is 7.89. The summed E-state index contributed by atoms with van der Waals surface area (Å²) in [5.41, 5.74) is 2.27. The van der Waals surface area contributed by atoms with Crippen LogP contribution < -0.4 is 4.90 Å². The zero-order chi connectivity index (χ0) is 21.3. The lowest BCUT2D eigenvalue weighted by molar-refractivity contribution is 0.384. The van der Waals surface area contributed by atoms with Crippen molar-refractivity contribution in [2.45, 2.75) is 18.2 Å². The Hall–Kier alpha value is -2.36. The molecule has 0 bridgehead atoms. The van der Waals surface area contributed by atoms with Gasteiger partial charge in [-0.2, -0.15) is 4.31 Å². The molecule has 4 rings (SSSR count). The lowest BCUT2D eigenvalue weighted by atomic mass is 10.1. The van der Waals surface area contributed by atoms with Crippen LogP contribution in [-0.4, -0.2) is 43.9 Å². The number of thiazole rings is 1. The van der Waals surface area contributed by atoms with Crippen molar-refractivity contribution in [1.29, 1.82) is 0 Å². The molecular weight excluding hydrogens is 428 g/mol. The average Bonchev–Trinajstić information content (AvgIpc) is 3.16. The standard InChI is InChI=1S/C21H21F2N3O2S2/c1-15-2-4-20(5-3-15)30(27,28)26-8-6-25(7-9-26)21-24-19(14-29-21)12-16-10-17(22)13-18(23)11-16/h2-5,10-11,13-14H,6-9,12H2,1H3. The number of aromatic nitrogens is 1. The molecule has 0 amide bonds. The van der Waals surface area contributed by atoms with Crippen LogP contribution in [0.3, 0.4) is 0 Å². The topological polar surface area (TPSA) is 53.5 Å². The molecule has 1 fully saturated rings. The largest absolute Gasteiger partial charge is 0.345 e. The fourth-order valence-electron chi connectivity index (χ4n) is 3.42. The maximum absolute atomic E-state index is 13.4. The van der Waals surface area contributed by atoms with E-state index < -0.39 is 21.7 Å². The second-order valence-corrected chi connectivity index (χ2v) is 10.1. The van der Waals surface area contributed by atoms with Crippen molar-refractivity contribution in [3.8, 4) is 0 Å². The summed E-state index contributed by atoms with van der Waals surface area (Å²) in [4.78, 5) is 6.92. The first kappa shape index (κ1) is 20.9. The average molecular weight is 450 g/mol. The van der Waals surface area contributed by atoms with Crippen molar-refractivity contribution in [3.63, 3.8) is 0 Å². The Morgan fingerprint density at radius 3 is 2.27 bits per heavy atom. The van der Waals surface area contributed by atoms with E-state index in [1.807, 2.05) is 17.2 Å². The lowest BCUT2D eigenvalue weighted by Crippen LogP contribution is -2.48. The molecule has 30 heavy (non-hydrogen) atoms. The van der Waals surface area contributed by atoms with E-state index in [0.717, 1.165) is 22.5 Å². The van der Waals surface area contributed by atoms with E-state index in [4.69, 9.17) is 0 Å². The number of rotatable bonds is 5. The zero-order valence-corrected chi connectivity index (χ0v) is 18.0. The van der Waals surface area contributed by atoms with Gasteiger partial charge < -0.3 is 4.90 Å². The molecule has 0 atom stereocenters. The highest BCUT2D eigenvalue weighted by Gasteiger charge is 2.29. The minimum absolute atomic E-state index is 0.306. The van der Waals surface area contributed by atoms with Crippen molar-refractivity contribution in [2.75, 3.05) is 31.1 Å². The smallest absolute Gasteiger partial charge is 0.243 e. The van der Waals surface area contributed by atoms with Crippen LogP contribution >= 0.6 is 11.3 Å². The Morgan fingerprint density at radius 2 is 1.63 bits per heavy atom.